The van der Waals surface area contributed by atoms with Crippen LogP contribution in [0.25, 0.3) is 5.57 Å². The van der Waals surface area contributed by atoms with Crippen LogP contribution in [-0.4, -0.2) is 23.6 Å². The van der Waals surface area contributed by atoms with E-state index in [1.807, 2.05) is 60.7 Å². The third-order valence-corrected chi connectivity index (χ3v) is 3.95. The lowest BCUT2D eigenvalue weighted by Gasteiger charge is -2.09. The van der Waals surface area contributed by atoms with Crippen LogP contribution in [0.2, 0.25) is 0 Å². The van der Waals surface area contributed by atoms with Crippen LogP contribution in [0.1, 0.15) is 36.8 Å². The van der Waals surface area contributed by atoms with Gasteiger partial charge in [0.15, 0.2) is 0 Å². The van der Waals surface area contributed by atoms with Crippen molar-refractivity contribution in [3.05, 3.63) is 77.9 Å². The van der Waals surface area contributed by atoms with Crippen LogP contribution in [0.5, 0.6) is 0 Å². The Labute approximate surface area is 153 Å². The maximum absolute atomic E-state index is 12.3. The first-order chi connectivity index (χ1) is 12.7. The van der Waals surface area contributed by atoms with Crippen molar-refractivity contribution >= 4 is 17.4 Å². The second kappa shape index (κ2) is 10.8. The van der Waals surface area contributed by atoms with Crippen molar-refractivity contribution in [2.24, 2.45) is 0 Å². The second-order valence-corrected chi connectivity index (χ2v) is 5.93. The molecule has 0 unspecified atom stereocenters. The molecule has 0 fully saturated rings. The quantitative estimate of drug-likeness (QED) is 0.280. The predicted octanol–water partition coefficient (Wildman–Crippen LogP) is 3.30. The molecule has 5 heteroatoms. The number of carbonyl (C=O) groups excluding carboxylic acids is 2. The Morgan fingerprint density at radius 2 is 1.42 bits per heavy atom. The van der Waals surface area contributed by atoms with E-state index < -0.39 is 0 Å². The van der Waals surface area contributed by atoms with Gasteiger partial charge in [-0.3, -0.25) is 14.8 Å². The third-order valence-electron chi connectivity index (χ3n) is 3.95. The lowest BCUT2D eigenvalue weighted by atomic mass is 9.97. The average molecular weight is 352 g/mol. The molecule has 0 aliphatic carbocycles. The van der Waals surface area contributed by atoms with Crippen molar-refractivity contribution in [3.8, 4) is 0 Å². The molecule has 0 saturated carbocycles. The zero-order chi connectivity index (χ0) is 18.6. The Morgan fingerprint density at radius 1 is 0.846 bits per heavy atom. The van der Waals surface area contributed by atoms with Gasteiger partial charge in [-0.15, -0.1) is 0 Å². The van der Waals surface area contributed by atoms with Crippen LogP contribution < -0.4 is 10.8 Å². The van der Waals surface area contributed by atoms with E-state index in [1.165, 1.54) is 0 Å². The van der Waals surface area contributed by atoms with Gasteiger partial charge in [-0.2, -0.15) is 0 Å². The molecule has 0 saturated heterocycles. The zero-order valence-electron chi connectivity index (χ0n) is 14.7. The fraction of sp³-hybridized carbons (Fsp3) is 0.238. The summed E-state index contributed by atoms with van der Waals surface area (Å²) in [5.74, 6) is -0.520. The molecule has 0 spiro atoms. The summed E-state index contributed by atoms with van der Waals surface area (Å²) < 4.78 is 0. The first-order valence-electron chi connectivity index (χ1n) is 8.74. The van der Waals surface area contributed by atoms with Gasteiger partial charge in [-0.25, -0.2) is 5.48 Å². The van der Waals surface area contributed by atoms with Gasteiger partial charge in [0.05, 0.1) is 0 Å². The maximum Gasteiger partial charge on any atom is 0.244 e. The highest BCUT2D eigenvalue weighted by molar-refractivity contribution is 5.99. The molecular formula is C21H24N2O3. The number of rotatable bonds is 9. The van der Waals surface area contributed by atoms with Crippen LogP contribution >= 0.6 is 0 Å². The largest absolute Gasteiger partial charge is 0.353 e. The Hall–Kier alpha value is -2.92. The van der Waals surface area contributed by atoms with Crippen molar-refractivity contribution < 1.29 is 14.8 Å². The highest BCUT2D eigenvalue weighted by Gasteiger charge is 2.07. The second-order valence-electron chi connectivity index (χ2n) is 5.93. The van der Waals surface area contributed by atoms with E-state index in [-0.39, 0.29) is 18.2 Å². The average Bonchev–Trinajstić information content (AvgIpc) is 2.69. The van der Waals surface area contributed by atoms with E-state index in [0.29, 0.717) is 13.0 Å². The molecule has 2 amide bonds. The van der Waals surface area contributed by atoms with Crippen LogP contribution in [0, 0.1) is 0 Å². The Bertz CT molecular complexity index is 686. The lowest BCUT2D eigenvalue weighted by Crippen LogP contribution is -2.23. The van der Waals surface area contributed by atoms with Gasteiger partial charge in [0.1, 0.15) is 0 Å². The minimum absolute atomic E-state index is 0.138. The van der Waals surface area contributed by atoms with E-state index >= 15 is 0 Å². The fourth-order valence-electron chi connectivity index (χ4n) is 2.61. The van der Waals surface area contributed by atoms with Crippen molar-refractivity contribution in [2.45, 2.75) is 25.7 Å². The molecule has 0 aromatic heterocycles. The Morgan fingerprint density at radius 3 is 1.96 bits per heavy atom. The first kappa shape index (κ1) is 19.4. The fourth-order valence-corrected chi connectivity index (χ4v) is 2.61. The molecule has 5 nitrogen and oxygen atoms in total. The number of unbranched alkanes of at least 4 members (excludes halogenated alkanes) is 2. The molecule has 0 heterocycles. The molecule has 0 aliphatic heterocycles. The van der Waals surface area contributed by atoms with Gasteiger partial charge in [0.2, 0.25) is 11.8 Å². The monoisotopic (exact) mass is 352 g/mol. The maximum atomic E-state index is 12.3. The summed E-state index contributed by atoms with van der Waals surface area (Å²) in [6.45, 7) is 0.549. The molecule has 0 atom stereocenters. The minimum Gasteiger partial charge on any atom is -0.353 e. The number of hydrogen-bond acceptors (Lipinski definition) is 3. The van der Waals surface area contributed by atoms with E-state index in [2.05, 4.69) is 5.32 Å². The number of carbonyl (C=O) groups is 2. The summed E-state index contributed by atoms with van der Waals surface area (Å²) in [6.07, 6.45) is 4.18. The van der Waals surface area contributed by atoms with E-state index in [4.69, 9.17) is 5.21 Å². The normalized spacial score (nSPS) is 10.0. The highest BCUT2D eigenvalue weighted by Crippen LogP contribution is 2.22. The number of nitrogens with one attached hydrogen (secondary N) is 2. The molecular weight excluding hydrogens is 328 g/mol. The molecule has 0 bridgehead atoms. The van der Waals surface area contributed by atoms with Crippen LogP contribution in [0.3, 0.4) is 0 Å². The van der Waals surface area contributed by atoms with Crippen LogP contribution in [0.15, 0.2) is 66.7 Å². The number of hydrogen-bond donors (Lipinski definition) is 3. The Kier molecular flexibility index (Phi) is 8.09. The minimum atomic E-state index is -0.382. The van der Waals surface area contributed by atoms with Crippen molar-refractivity contribution in [1.29, 1.82) is 0 Å². The van der Waals surface area contributed by atoms with Gasteiger partial charge >= 0.3 is 0 Å². The van der Waals surface area contributed by atoms with Gasteiger partial charge in [-0.1, -0.05) is 67.1 Å². The van der Waals surface area contributed by atoms with Gasteiger partial charge in [0.25, 0.3) is 0 Å². The molecule has 136 valence electrons. The third kappa shape index (κ3) is 6.53. The predicted molar refractivity (Wildman–Crippen MR) is 101 cm³/mol. The lowest BCUT2D eigenvalue weighted by molar-refractivity contribution is -0.129. The number of hydroxylamine groups is 1. The van der Waals surface area contributed by atoms with E-state index in [0.717, 1.165) is 29.5 Å². The molecule has 2 rings (SSSR count). The SMILES string of the molecule is O=C(C=C(c1ccccc1)c1ccccc1)NCCCCCC(=O)NO. The summed E-state index contributed by atoms with van der Waals surface area (Å²) in [6, 6.07) is 19.6. The van der Waals surface area contributed by atoms with Crippen LogP contribution in [-0.2, 0) is 9.59 Å². The number of benzene rings is 2. The van der Waals surface area contributed by atoms with E-state index in [9.17, 15) is 9.59 Å². The first-order valence-corrected chi connectivity index (χ1v) is 8.74. The standard InChI is InChI=1S/C21H24N2O3/c24-20(23-26)14-8-3-9-15-22-21(25)16-19(17-10-4-1-5-11-17)18-12-6-2-7-13-18/h1-2,4-7,10-13,16,26H,3,8-9,14-15H2,(H,22,25)(H,23,24). The van der Waals surface area contributed by atoms with E-state index in [1.54, 1.807) is 11.6 Å². The zero-order valence-corrected chi connectivity index (χ0v) is 14.7. The summed E-state index contributed by atoms with van der Waals surface area (Å²) in [5.41, 5.74) is 4.47. The molecule has 0 aliphatic rings. The van der Waals surface area contributed by atoms with Crippen molar-refractivity contribution in [1.82, 2.24) is 10.8 Å². The van der Waals surface area contributed by atoms with Crippen molar-refractivity contribution in [3.63, 3.8) is 0 Å². The molecule has 3 N–H and O–H groups in total. The van der Waals surface area contributed by atoms with Gasteiger partial charge in [-0.05, 0) is 29.5 Å². The summed E-state index contributed by atoms with van der Waals surface area (Å²) in [5, 5.41) is 11.3. The summed E-state index contributed by atoms with van der Waals surface area (Å²) in [4.78, 5) is 23.2. The number of amides is 2. The molecule has 2 aromatic carbocycles. The summed E-state index contributed by atoms with van der Waals surface area (Å²) in [7, 11) is 0. The molecule has 26 heavy (non-hydrogen) atoms. The molecule has 2 aromatic rings. The summed E-state index contributed by atoms with van der Waals surface area (Å²) >= 11 is 0. The molecule has 0 radical (unpaired) electrons. The van der Waals surface area contributed by atoms with Crippen molar-refractivity contribution in [2.75, 3.05) is 6.54 Å². The van der Waals surface area contributed by atoms with Crippen LogP contribution in [0.4, 0.5) is 0 Å². The smallest absolute Gasteiger partial charge is 0.244 e. The van der Waals surface area contributed by atoms with Gasteiger partial charge < -0.3 is 5.32 Å². The van der Waals surface area contributed by atoms with Gasteiger partial charge in [0, 0.05) is 19.0 Å². The Balaban J connectivity index is 1.92. The highest BCUT2D eigenvalue weighted by atomic mass is 16.5. The topological polar surface area (TPSA) is 78.4 Å².